The van der Waals surface area contributed by atoms with Crippen LogP contribution in [-0.2, 0) is 9.53 Å². The van der Waals surface area contributed by atoms with E-state index in [1.54, 1.807) is 11.1 Å². The molecule has 8 nitrogen and oxygen atoms in total. The first-order chi connectivity index (χ1) is 13.2. The van der Waals surface area contributed by atoms with Crippen molar-refractivity contribution in [2.24, 2.45) is 0 Å². The van der Waals surface area contributed by atoms with Crippen LogP contribution in [0.15, 0.2) is 18.6 Å². The minimum absolute atomic E-state index is 0.0191. The molecule has 1 saturated heterocycles. The molecule has 0 atom stereocenters. The van der Waals surface area contributed by atoms with E-state index < -0.39 is 0 Å². The van der Waals surface area contributed by atoms with Gasteiger partial charge in [-0.2, -0.15) is 0 Å². The van der Waals surface area contributed by atoms with Crippen molar-refractivity contribution >= 4 is 11.8 Å². The fraction of sp³-hybridized carbons (Fsp3) is 0.684. The highest BCUT2D eigenvalue weighted by Gasteiger charge is 2.20. The number of aromatic nitrogens is 2. The second kappa shape index (κ2) is 12.3. The predicted octanol–water partition coefficient (Wildman–Crippen LogP) is 0.948. The molecule has 2 amide bonds. The second-order valence-corrected chi connectivity index (χ2v) is 6.64. The van der Waals surface area contributed by atoms with E-state index in [4.69, 9.17) is 4.74 Å². The average Bonchev–Trinajstić information content (AvgIpc) is 2.72. The van der Waals surface area contributed by atoms with Gasteiger partial charge in [0.2, 0.25) is 5.91 Å². The molecule has 0 spiro atoms. The molecule has 0 bridgehead atoms. The summed E-state index contributed by atoms with van der Waals surface area (Å²) in [5.41, 5.74) is 0.308. The lowest BCUT2D eigenvalue weighted by Crippen LogP contribution is -2.44. The van der Waals surface area contributed by atoms with Crippen molar-refractivity contribution in [3.05, 3.63) is 24.3 Å². The fourth-order valence-corrected chi connectivity index (χ4v) is 2.90. The number of unbranched alkanes of at least 4 members (excludes halogenated alkanes) is 2. The first kappa shape index (κ1) is 21.2. The number of rotatable bonds is 11. The Kier molecular flexibility index (Phi) is 9.72. The Morgan fingerprint density at radius 1 is 1.22 bits per heavy atom. The third kappa shape index (κ3) is 8.01. The number of carbonyl (C=O) groups excluding carboxylic acids is 2. The number of carbonyl (C=O) groups is 2. The molecule has 150 valence electrons. The van der Waals surface area contributed by atoms with Gasteiger partial charge in [-0.3, -0.25) is 19.5 Å². The van der Waals surface area contributed by atoms with Crippen LogP contribution in [0.4, 0.5) is 0 Å². The summed E-state index contributed by atoms with van der Waals surface area (Å²) in [7, 11) is 0. The number of amides is 2. The zero-order valence-electron chi connectivity index (χ0n) is 16.2. The number of nitrogens with zero attached hydrogens (tertiary/aromatic N) is 4. The van der Waals surface area contributed by atoms with Crippen molar-refractivity contribution in [3.8, 4) is 0 Å². The standard InChI is InChI=1S/C19H31N5O3/c1-2-3-4-6-22-18(25)5-9-24(11-10-23-12-14-27-15-13-23)19(26)17-16-20-7-8-21-17/h7-8,16H,2-6,9-15H2,1H3,(H,22,25). The predicted molar refractivity (Wildman–Crippen MR) is 102 cm³/mol. The molecule has 0 aliphatic carbocycles. The first-order valence-corrected chi connectivity index (χ1v) is 9.82. The van der Waals surface area contributed by atoms with E-state index in [1.807, 2.05) is 0 Å². The van der Waals surface area contributed by atoms with Gasteiger partial charge in [-0.25, -0.2) is 4.98 Å². The van der Waals surface area contributed by atoms with Gasteiger partial charge in [-0.1, -0.05) is 19.8 Å². The maximum atomic E-state index is 12.8. The van der Waals surface area contributed by atoms with E-state index in [9.17, 15) is 9.59 Å². The SMILES string of the molecule is CCCCCNC(=O)CCN(CCN1CCOCC1)C(=O)c1cnccn1. The van der Waals surface area contributed by atoms with Crippen LogP contribution in [0.2, 0.25) is 0 Å². The molecule has 0 unspecified atom stereocenters. The highest BCUT2D eigenvalue weighted by molar-refractivity contribution is 5.92. The molecule has 8 heteroatoms. The Labute approximate surface area is 161 Å². The Balaban J connectivity index is 1.86. The first-order valence-electron chi connectivity index (χ1n) is 9.82. The number of hydrogen-bond acceptors (Lipinski definition) is 6. The van der Waals surface area contributed by atoms with Crippen molar-refractivity contribution in [1.29, 1.82) is 0 Å². The molecule has 0 aromatic carbocycles. The molecular formula is C19H31N5O3. The minimum atomic E-state index is -0.185. The van der Waals surface area contributed by atoms with Gasteiger partial charge in [0.15, 0.2) is 0 Å². The second-order valence-electron chi connectivity index (χ2n) is 6.64. The van der Waals surface area contributed by atoms with Gasteiger partial charge in [0, 0.05) is 58.1 Å². The van der Waals surface area contributed by atoms with Crippen LogP contribution in [0.3, 0.4) is 0 Å². The largest absolute Gasteiger partial charge is 0.379 e. The lowest BCUT2D eigenvalue weighted by atomic mass is 10.2. The third-order valence-electron chi connectivity index (χ3n) is 4.57. The van der Waals surface area contributed by atoms with E-state index in [1.165, 1.54) is 12.4 Å². The highest BCUT2D eigenvalue weighted by Crippen LogP contribution is 2.04. The van der Waals surface area contributed by atoms with Crippen LogP contribution in [0.5, 0.6) is 0 Å². The lowest BCUT2D eigenvalue weighted by molar-refractivity contribution is -0.121. The van der Waals surface area contributed by atoms with Gasteiger partial charge < -0.3 is 15.0 Å². The zero-order valence-corrected chi connectivity index (χ0v) is 16.2. The normalized spacial score (nSPS) is 14.7. The van der Waals surface area contributed by atoms with Crippen molar-refractivity contribution in [2.75, 3.05) is 52.5 Å². The quantitative estimate of drug-likeness (QED) is 0.578. The summed E-state index contributed by atoms with van der Waals surface area (Å²) in [5, 5.41) is 2.93. The van der Waals surface area contributed by atoms with Gasteiger partial charge in [0.05, 0.1) is 19.4 Å². The molecule has 0 radical (unpaired) electrons. The molecule has 1 fully saturated rings. The zero-order chi connectivity index (χ0) is 19.3. The maximum Gasteiger partial charge on any atom is 0.274 e. The van der Waals surface area contributed by atoms with Gasteiger partial charge in [0.1, 0.15) is 5.69 Å². The highest BCUT2D eigenvalue weighted by atomic mass is 16.5. The molecular weight excluding hydrogens is 346 g/mol. The average molecular weight is 377 g/mol. The van der Waals surface area contributed by atoms with Crippen LogP contribution in [0, 0.1) is 0 Å². The van der Waals surface area contributed by atoms with Gasteiger partial charge in [-0.15, -0.1) is 0 Å². The van der Waals surface area contributed by atoms with Gasteiger partial charge in [0.25, 0.3) is 5.91 Å². The van der Waals surface area contributed by atoms with Crippen molar-refractivity contribution in [3.63, 3.8) is 0 Å². The summed E-state index contributed by atoms with van der Waals surface area (Å²) in [5.74, 6) is -0.204. The molecule has 1 aromatic heterocycles. The summed E-state index contributed by atoms with van der Waals surface area (Å²) in [6.07, 6.45) is 8.03. The third-order valence-corrected chi connectivity index (χ3v) is 4.57. The van der Waals surface area contributed by atoms with Crippen molar-refractivity contribution in [2.45, 2.75) is 32.6 Å². The van der Waals surface area contributed by atoms with E-state index in [0.717, 1.165) is 52.1 Å². The van der Waals surface area contributed by atoms with Gasteiger partial charge >= 0.3 is 0 Å². The smallest absolute Gasteiger partial charge is 0.274 e. The van der Waals surface area contributed by atoms with E-state index >= 15 is 0 Å². The van der Waals surface area contributed by atoms with Crippen LogP contribution in [-0.4, -0.2) is 84.1 Å². The molecule has 27 heavy (non-hydrogen) atoms. The van der Waals surface area contributed by atoms with Crippen LogP contribution in [0.1, 0.15) is 43.1 Å². The van der Waals surface area contributed by atoms with Gasteiger partial charge in [-0.05, 0) is 6.42 Å². The van der Waals surface area contributed by atoms with E-state index in [-0.39, 0.29) is 11.8 Å². The van der Waals surface area contributed by atoms with Crippen molar-refractivity contribution < 1.29 is 14.3 Å². The fourth-order valence-electron chi connectivity index (χ4n) is 2.90. The number of ether oxygens (including phenoxy) is 1. The molecule has 1 aliphatic rings. The van der Waals surface area contributed by atoms with Crippen LogP contribution < -0.4 is 5.32 Å². The summed E-state index contributed by atoms with van der Waals surface area (Å²) in [6, 6.07) is 0. The molecule has 1 aliphatic heterocycles. The molecule has 1 N–H and O–H groups in total. The molecule has 2 rings (SSSR count). The summed E-state index contributed by atoms with van der Waals surface area (Å²) in [6.45, 7) is 7.68. The van der Waals surface area contributed by atoms with Crippen LogP contribution in [0.25, 0.3) is 0 Å². The van der Waals surface area contributed by atoms with E-state index in [0.29, 0.717) is 31.7 Å². The summed E-state index contributed by atoms with van der Waals surface area (Å²) in [4.78, 5) is 36.9. The summed E-state index contributed by atoms with van der Waals surface area (Å²) >= 11 is 0. The molecule has 0 saturated carbocycles. The molecule has 1 aromatic rings. The Hall–Kier alpha value is -2.06. The number of nitrogens with one attached hydrogen (secondary N) is 1. The topological polar surface area (TPSA) is 87.7 Å². The molecule has 2 heterocycles. The Bertz CT molecular complexity index is 564. The number of morpholine rings is 1. The lowest BCUT2D eigenvalue weighted by Gasteiger charge is -2.30. The Morgan fingerprint density at radius 3 is 2.74 bits per heavy atom. The number of hydrogen-bond donors (Lipinski definition) is 1. The Morgan fingerprint density at radius 2 is 2.04 bits per heavy atom. The monoisotopic (exact) mass is 377 g/mol. The summed E-state index contributed by atoms with van der Waals surface area (Å²) < 4.78 is 5.36. The minimum Gasteiger partial charge on any atom is -0.379 e. The van der Waals surface area contributed by atoms with E-state index in [2.05, 4.69) is 27.1 Å². The maximum absolute atomic E-state index is 12.8. The van der Waals surface area contributed by atoms with Crippen molar-refractivity contribution in [1.82, 2.24) is 25.1 Å². The van der Waals surface area contributed by atoms with Crippen LogP contribution >= 0.6 is 0 Å².